The van der Waals surface area contributed by atoms with Crippen molar-refractivity contribution < 1.29 is 4.74 Å². The number of hydrogen-bond acceptors (Lipinski definition) is 1. The SMILES string of the molecule is Cc1cc(Br)c(C(Br)C2COC(C)C2)cc1Br. The van der Waals surface area contributed by atoms with Gasteiger partial charge in [0.1, 0.15) is 0 Å². The largest absolute Gasteiger partial charge is 0.378 e. The average molecular weight is 427 g/mol. The lowest BCUT2D eigenvalue weighted by Crippen LogP contribution is -2.08. The van der Waals surface area contributed by atoms with E-state index in [2.05, 4.69) is 73.8 Å². The van der Waals surface area contributed by atoms with Crippen molar-refractivity contribution in [2.45, 2.75) is 31.2 Å². The van der Waals surface area contributed by atoms with E-state index in [1.807, 2.05) is 0 Å². The van der Waals surface area contributed by atoms with Crippen molar-refractivity contribution in [1.82, 2.24) is 0 Å². The van der Waals surface area contributed by atoms with E-state index in [1.54, 1.807) is 0 Å². The van der Waals surface area contributed by atoms with Crippen LogP contribution >= 0.6 is 47.8 Å². The van der Waals surface area contributed by atoms with Crippen LogP contribution < -0.4 is 0 Å². The molecule has 1 aromatic rings. The Balaban J connectivity index is 2.24. The molecule has 0 spiro atoms. The van der Waals surface area contributed by atoms with Gasteiger partial charge in [-0.1, -0.05) is 47.8 Å². The molecule has 3 unspecified atom stereocenters. The lowest BCUT2D eigenvalue weighted by molar-refractivity contribution is 0.120. The maximum Gasteiger partial charge on any atom is 0.0551 e. The summed E-state index contributed by atoms with van der Waals surface area (Å²) in [5.74, 6) is 0.552. The summed E-state index contributed by atoms with van der Waals surface area (Å²) < 4.78 is 7.97. The number of aryl methyl sites for hydroxylation is 1. The highest BCUT2D eigenvalue weighted by Crippen LogP contribution is 2.42. The normalized spacial score (nSPS) is 26.2. The van der Waals surface area contributed by atoms with E-state index in [0.29, 0.717) is 16.8 Å². The molecule has 0 N–H and O–H groups in total. The minimum Gasteiger partial charge on any atom is -0.378 e. The van der Waals surface area contributed by atoms with Crippen LogP contribution in [0.3, 0.4) is 0 Å². The van der Waals surface area contributed by atoms with Gasteiger partial charge >= 0.3 is 0 Å². The Morgan fingerprint density at radius 2 is 2.00 bits per heavy atom. The topological polar surface area (TPSA) is 9.23 Å². The highest BCUT2D eigenvalue weighted by molar-refractivity contribution is 9.11. The molecular weight excluding hydrogens is 412 g/mol. The van der Waals surface area contributed by atoms with E-state index in [1.165, 1.54) is 15.6 Å². The number of alkyl halides is 1. The van der Waals surface area contributed by atoms with Gasteiger partial charge in [0.25, 0.3) is 0 Å². The molecule has 0 aromatic heterocycles. The zero-order valence-electron chi connectivity index (χ0n) is 9.84. The number of hydrogen-bond donors (Lipinski definition) is 0. The molecule has 1 heterocycles. The van der Waals surface area contributed by atoms with Crippen molar-refractivity contribution in [2.75, 3.05) is 6.61 Å². The highest BCUT2D eigenvalue weighted by Gasteiger charge is 2.30. The molecule has 94 valence electrons. The summed E-state index contributed by atoms with van der Waals surface area (Å²) >= 11 is 11.1. The Morgan fingerprint density at radius 3 is 2.59 bits per heavy atom. The van der Waals surface area contributed by atoms with Gasteiger partial charge in [0.05, 0.1) is 12.7 Å². The van der Waals surface area contributed by atoms with Crippen LogP contribution in [0.25, 0.3) is 0 Å². The second kappa shape index (κ2) is 5.72. The fourth-order valence-corrected chi connectivity index (χ4v) is 4.30. The second-order valence-corrected chi connectivity index (χ2v) is 7.36. The Labute approximate surface area is 128 Å². The molecule has 4 heteroatoms. The van der Waals surface area contributed by atoms with Crippen LogP contribution in [0.15, 0.2) is 21.1 Å². The maximum absolute atomic E-state index is 5.64. The first kappa shape index (κ1) is 14.0. The van der Waals surface area contributed by atoms with Crippen molar-refractivity contribution in [2.24, 2.45) is 5.92 Å². The summed E-state index contributed by atoms with van der Waals surface area (Å²) in [5, 5.41) is 0. The van der Waals surface area contributed by atoms with Gasteiger partial charge in [0.2, 0.25) is 0 Å². The number of benzene rings is 1. The van der Waals surface area contributed by atoms with Crippen LogP contribution in [0.4, 0.5) is 0 Å². The molecule has 0 amide bonds. The molecule has 0 aliphatic carbocycles. The summed E-state index contributed by atoms with van der Waals surface area (Å²) in [6, 6.07) is 4.36. The molecule has 17 heavy (non-hydrogen) atoms. The molecule has 2 rings (SSSR count). The average Bonchev–Trinajstić information content (AvgIpc) is 2.69. The van der Waals surface area contributed by atoms with Crippen molar-refractivity contribution in [1.29, 1.82) is 0 Å². The first-order valence-corrected chi connectivity index (χ1v) is 8.20. The maximum atomic E-state index is 5.64. The van der Waals surface area contributed by atoms with Crippen molar-refractivity contribution >= 4 is 47.8 Å². The molecule has 0 radical (unpaired) electrons. The van der Waals surface area contributed by atoms with E-state index in [9.17, 15) is 0 Å². The molecular formula is C13H15Br3O. The van der Waals surface area contributed by atoms with Crippen molar-refractivity contribution in [3.8, 4) is 0 Å². The van der Waals surface area contributed by atoms with Crippen LogP contribution in [0.2, 0.25) is 0 Å². The zero-order chi connectivity index (χ0) is 12.6. The molecule has 3 atom stereocenters. The summed E-state index contributed by atoms with van der Waals surface area (Å²) in [6.07, 6.45) is 1.50. The lowest BCUT2D eigenvalue weighted by Gasteiger charge is -2.19. The van der Waals surface area contributed by atoms with E-state index < -0.39 is 0 Å². The third-order valence-corrected chi connectivity index (χ3v) is 6.00. The fraction of sp³-hybridized carbons (Fsp3) is 0.538. The highest BCUT2D eigenvalue weighted by atomic mass is 79.9. The predicted octanol–water partition coefficient (Wildman–Crippen LogP) is 5.38. The quantitative estimate of drug-likeness (QED) is 0.577. The Kier molecular flexibility index (Phi) is 4.73. The van der Waals surface area contributed by atoms with Gasteiger partial charge in [0, 0.05) is 19.7 Å². The summed E-state index contributed by atoms with van der Waals surface area (Å²) in [7, 11) is 0. The smallest absolute Gasteiger partial charge is 0.0551 e. The molecule has 1 saturated heterocycles. The first-order chi connectivity index (χ1) is 7.99. The van der Waals surface area contributed by atoms with Crippen LogP contribution in [-0.4, -0.2) is 12.7 Å². The van der Waals surface area contributed by atoms with Crippen LogP contribution in [0.5, 0.6) is 0 Å². The lowest BCUT2D eigenvalue weighted by atomic mass is 9.96. The molecule has 1 fully saturated rings. The van der Waals surface area contributed by atoms with Crippen LogP contribution in [0, 0.1) is 12.8 Å². The molecule has 1 aromatic carbocycles. The standard InChI is InChI=1S/C13H15Br3O/c1-7-3-12(15)10(5-11(7)14)13(16)9-4-8(2)17-6-9/h3,5,8-9,13H,4,6H2,1-2H3. The number of ether oxygens (including phenoxy) is 1. The molecule has 1 aliphatic rings. The summed E-state index contributed by atoms with van der Waals surface area (Å²) in [5.41, 5.74) is 2.54. The Bertz CT molecular complexity index is 419. The molecule has 1 aliphatic heterocycles. The number of halogens is 3. The minimum atomic E-state index is 0.346. The van der Waals surface area contributed by atoms with Gasteiger partial charge in [-0.3, -0.25) is 0 Å². The Hall–Kier alpha value is 0.620. The van der Waals surface area contributed by atoms with E-state index in [-0.39, 0.29) is 0 Å². The predicted molar refractivity (Wildman–Crippen MR) is 81.8 cm³/mol. The Morgan fingerprint density at radius 1 is 1.29 bits per heavy atom. The monoisotopic (exact) mass is 424 g/mol. The van der Waals surface area contributed by atoms with Gasteiger partial charge < -0.3 is 4.74 Å². The van der Waals surface area contributed by atoms with Gasteiger partial charge in [-0.25, -0.2) is 0 Å². The van der Waals surface area contributed by atoms with E-state index in [4.69, 9.17) is 4.74 Å². The first-order valence-electron chi connectivity index (χ1n) is 5.70. The molecule has 0 bridgehead atoms. The zero-order valence-corrected chi connectivity index (χ0v) is 14.6. The summed E-state index contributed by atoms with van der Waals surface area (Å²) in [6.45, 7) is 5.08. The second-order valence-electron chi connectivity index (χ2n) is 4.66. The van der Waals surface area contributed by atoms with Crippen LogP contribution in [-0.2, 0) is 4.74 Å². The fourth-order valence-electron chi connectivity index (χ4n) is 2.18. The summed E-state index contributed by atoms with van der Waals surface area (Å²) in [4.78, 5) is 0.346. The van der Waals surface area contributed by atoms with E-state index in [0.717, 1.165) is 17.5 Å². The van der Waals surface area contributed by atoms with Gasteiger partial charge in [-0.2, -0.15) is 0 Å². The van der Waals surface area contributed by atoms with E-state index >= 15 is 0 Å². The molecule has 0 saturated carbocycles. The van der Waals surface area contributed by atoms with Crippen molar-refractivity contribution in [3.05, 3.63) is 32.2 Å². The minimum absolute atomic E-state index is 0.346. The third-order valence-electron chi connectivity index (χ3n) is 3.22. The molecule has 1 nitrogen and oxygen atoms in total. The van der Waals surface area contributed by atoms with Crippen LogP contribution in [0.1, 0.15) is 29.3 Å². The number of rotatable bonds is 2. The van der Waals surface area contributed by atoms with Gasteiger partial charge in [-0.05, 0) is 43.5 Å². The van der Waals surface area contributed by atoms with Gasteiger partial charge in [0.15, 0.2) is 0 Å². The van der Waals surface area contributed by atoms with Crippen molar-refractivity contribution in [3.63, 3.8) is 0 Å². The van der Waals surface area contributed by atoms with Gasteiger partial charge in [-0.15, -0.1) is 0 Å². The third kappa shape index (κ3) is 3.14.